The molecule has 0 bridgehead atoms. The molecule has 0 spiro atoms. The van der Waals surface area contributed by atoms with Crippen LogP contribution in [0.1, 0.15) is 17.2 Å². The number of benzene rings is 1. The number of morpholine rings is 1. The topological polar surface area (TPSA) is 64.4 Å². The van der Waals surface area contributed by atoms with Crippen molar-refractivity contribution >= 4 is 10.0 Å². The highest BCUT2D eigenvalue weighted by atomic mass is 32.2. The predicted molar refractivity (Wildman–Crippen MR) is 82.5 cm³/mol. The Morgan fingerprint density at radius 2 is 2.26 bits per heavy atom. The van der Waals surface area contributed by atoms with Gasteiger partial charge in [0, 0.05) is 31.9 Å². The quantitative estimate of drug-likeness (QED) is 0.846. The van der Waals surface area contributed by atoms with Gasteiger partial charge >= 0.3 is 0 Å². The second kappa shape index (κ2) is 6.38. The van der Waals surface area contributed by atoms with Crippen molar-refractivity contribution in [2.75, 3.05) is 19.7 Å². The van der Waals surface area contributed by atoms with Crippen molar-refractivity contribution in [2.24, 2.45) is 7.05 Å². The summed E-state index contributed by atoms with van der Waals surface area (Å²) in [5.41, 5.74) is 1.28. The number of rotatable bonds is 4. The van der Waals surface area contributed by atoms with Crippen LogP contribution in [-0.2, 0) is 27.6 Å². The molecule has 0 amide bonds. The number of aromatic nitrogens is 2. The Morgan fingerprint density at radius 1 is 1.43 bits per heavy atom. The Kier molecular flexibility index (Phi) is 4.47. The zero-order chi connectivity index (χ0) is 16.4. The van der Waals surface area contributed by atoms with E-state index in [1.165, 1.54) is 22.5 Å². The Balaban J connectivity index is 1.74. The summed E-state index contributed by atoms with van der Waals surface area (Å²) in [5.74, 6) is -0.655. The molecule has 6 nitrogen and oxygen atoms in total. The lowest BCUT2D eigenvalue weighted by Gasteiger charge is -2.31. The highest BCUT2D eigenvalue weighted by Gasteiger charge is 2.31. The standard InChI is InChI=1S/C15H18FN3O3S/c1-18-9-13(8-17-18)15-10-19(5-6-22-15)23(20,21)11-12-3-2-4-14(16)7-12/h2-4,7-9,15H,5-6,10-11H2,1H3/t15-/m0/s1. The first kappa shape index (κ1) is 16.1. The average molecular weight is 339 g/mol. The molecule has 0 aliphatic carbocycles. The lowest BCUT2D eigenvalue weighted by atomic mass is 10.2. The van der Waals surface area contributed by atoms with Crippen LogP contribution in [0.2, 0.25) is 0 Å². The van der Waals surface area contributed by atoms with Gasteiger partial charge in [-0.05, 0) is 17.7 Å². The summed E-state index contributed by atoms with van der Waals surface area (Å²) in [7, 11) is -1.73. The molecule has 124 valence electrons. The van der Waals surface area contributed by atoms with Crippen LogP contribution >= 0.6 is 0 Å². The van der Waals surface area contributed by atoms with E-state index < -0.39 is 15.8 Å². The van der Waals surface area contributed by atoms with E-state index in [4.69, 9.17) is 4.74 Å². The number of ether oxygens (including phenoxy) is 1. The second-order valence-corrected chi connectivity index (χ2v) is 7.52. The minimum atomic E-state index is -3.53. The maximum Gasteiger partial charge on any atom is 0.218 e. The lowest BCUT2D eigenvalue weighted by Crippen LogP contribution is -2.42. The summed E-state index contributed by atoms with van der Waals surface area (Å²) in [4.78, 5) is 0. The SMILES string of the molecule is Cn1cc([C@@H]2CN(S(=O)(=O)Cc3cccc(F)c3)CCO2)cn1. The van der Waals surface area contributed by atoms with Crippen molar-refractivity contribution in [1.82, 2.24) is 14.1 Å². The van der Waals surface area contributed by atoms with Gasteiger partial charge in [-0.15, -0.1) is 0 Å². The lowest BCUT2D eigenvalue weighted by molar-refractivity contribution is -0.00264. The van der Waals surface area contributed by atoms with Crippen LogP contribution in [0, 0.1) is 5.82 Å². The summed E-state index contributed by atoms with van der Waals surface area (Å²) in [6.45, 7) is 0.861. The monoisotopic (exact) mass is 339 g/mol. The van der Waals surface area contributed by atoms with E-state index in [0.29, 0.717) is 18.7 Å². The zero-order valence-corrected chi connectivity index (χ0v) is 13.5. The number of sulfonamides is 1. The van der Waals surface area contributed by atoms with E-state index >= 15 is 0 Å². The van der Waals surface area contributed by atoms with Gasteiger partial charge in [0.05, 0.1) is 24.7 Å². The maximum atomic E-state index is 13.2. The fraction of sp³-hybridized carbons (Fsp3) is 0.400. The van der Waals surface area contributed by atoms with Crippen molar-refractivity contribution in [2.45, 2.75) is 11.9 Å². The third-order valence-corrected chi connectivity index (χ3v) is 5.57. The van der Waals surface area contributed by atoms with E-state index in [-0.39, 0.29) is 18.4 Å². The van der Waals surface area contributed by atoms with Gasteiger partial charge in [-0.1, -0.05) is 12.1 Å². The molecule has 1 saturated heterocycles. The maximum absolute atomic E-state index is 13.2. The number of aryl methyl sites for hydroxylation is 1. The average Bonchev–Trinajstić information content (AvgIpc) is 2.94. The normalized spacial score (nSPS) is 19.8. The summed E-state index contributed by atoms with van der Waals surface area (Å²) < 4.78 is 47.1. The van der Waals surface area contributed by atoms with Gasteiger partial charge in [-0.2, -0.15) is 9.40 Å². The molecule has 1 aliphatic heterocycles. The van der Waals surface area contributed by atoms with E-state index in [0.717, 1.165) is 5.56 Å². The molecule has 0 saturated carbocycles. The van der Waals surface area contributed by atoms with Crippen LogP contribution < -0.4 is 0 Å². The molecular formula is C15H18FN3O3S. The molecule has 0 unspecified atom stereocenters. The predicted octanol–water partition coefficient (Wildman–Crippen LogP) is 1.46. The Morgan fingerprint density at radius 3 is 2.96 bits per heavy atom. The van der Waals surface area contributed by atoms with Crippen LogP contribution in [0.5, 0.6) is 0 Å². The minimum absolute atomic E-state index is 0.218. The van der Waals surface area contributed by atoms with Crippen LogP contribution in [-0.4, -0.2) is 42.2 Å². The minimum Gasteiger partial charge on any atom is -0.371 e. The molecule has 2 heterocycles. The van der Waals surface area contributed by atoms with Gasteiger partial charge in [0.2, 0.25) is 10.0 Å². The summed E-state index contributed by atoms with van der Waals surface area (Å²) in [6.07, 6.45) is 3.15. The van der Waals surface area contributed by atoms with Crippen molar-refractivity contribution in [3.8, 4) is 0 Å². The fourth-order valence-corrected chi connectivity index (χ4v) is 4.11. The molecule has 0 N–H and O–H groups in total. The van der Waals surface area contributed by atoms with Gasteiger partial charge in [0.25, 0.3) is 0 Å². The van der Waals surface area contributed by atoms with Gasteiger partial charge < -0.3 is 4.74 Å². The zero-order valence-electron chi connectivity index (χ0n) is 12.7. The number of nitrogens with zero attached hydrogens (tertiary/aromatic N) is 3. The van der Waals surface area contributed by atoms with Crippen molar-refractivity contribution in [3.05, 3.63) is 53.6 Å². The Bertz CT molecular complexity index is 791. The Hall–Kier alpha value is -1.77. The van der Waals surface area contributed by atoms with Gasteiger partial charge in [0.15, 0.2) is 0 Å². The first-order valence-electron chi connectivity index (χ1n) is 7.26. The molecule has 3 rings (SSSR count). The number of hydrogen-bond acceptors (Lipinski definition) is 4. The number of hydrogen-bond donors (Lipinski definition) is 0. The molecule has 2 aromatic rings. The van der Waals surface area contributed by atoms with Gasteiger partial charge in [-0.25, -0.2) is 12.8 Å². The Labute approximate surface area is 134 Å². The molecule has 1 atom stereocenters. The molecule has 1 aromatic carbocycles. The van der Waals surface area contributed by atoms with Crippen LogP contribution in [0.4, 0.5) is 4.39 Å². The first-order valence-corrected chi connectivity index (χ1v) is 8.87. The summed E-state index contributed by atoms with van der Waals surface area (Å²) in [5, 5.41) is 4.08. The van der Waals surface area contributed by atoms with Crippen LogP contribution in [0.25, 0.3) is 0 Å². The van der Waals surface area contributed by atoms with Gasteiger partial charge in [0.1, 0.15) is 5.82 Å². The summed E-state index contributed by atoms with van der Waals surface area (Å²) in [6, 6.07) is 5.66. The van der Waals surface area contributed by atoms with E-state index in [1.807, 2.05) is 6.20 Å². The third kappa shape index (κ3) is 3.77. The third-order valence-electron chi connectivity index (χ3n) is 3.76. The molecule has 0 radical (unpaired) electrons. The van der Waals surface area contributed by atoms with Crippen LogP contribution in [0.15, 0.2) is 36.7 Å². The molecular weight excluding hydrogens is 321 g/mol. The van der Waals surface area contributed by atoms with Crippen molar-refractivity contribution < 1.29 is 17.5 Å². The molecule has 1 fully saturated rings. The van der Waals surface area contributed by atoms with Crippen LogP contribution in [0.3, 0.4) is 0 Å². The smallest absolute Gasteiger partial charge is 0.218 e. The summed E-state index contributed by atoms with van der Waals surface area (Å²) >= 11 is 0. The van der Waals surface area contributed by atoms with Crippen molar-refractivity contribution in [3.63, 3.8) is 0 Å². The molecule has 1 aromatic heterocycles. The fourth-order valence-electron chi connectivity index (χ4n) is 2.62. The highest BCUT2D eigenvalue weighted by molar-refractivity contribution is 7.88. The highest BCUT2D eigenvalue weighted by Crippen LogP contribution is 2.24. The van der Waals surface area contributed by atoms with Gasteiger partial charge in [-0.3, -0.25) is 4.68 Å². The second-order valence-electron chi connectivity index (χ2n) is 5.55. The number of halogens is 1. The molecule has 8 heteroatoms. The molecule has 23 heavy (non-hydrogen) atoms. The first-order chi connectivity index (χ1) is 10.9. The van der Waals surface area contributed by atoms with E-state index in [9.17, 15) is 12.8 Å². The molecule has 1 aliphatic rings. The van der Waals surface area contributed by atoms with Crippen molar-refractivity contribution in [1.29, 1.82) is 0 Å². The van der Waals surface area contributed by atoms with E-state index in [2.05, 4.69) is 5.10 Å². The van der Waals surface area contributed by atoms with E-state index in [1.54, 1.807) is 24.0 Å². The largest absolute Gasteiger partial charge is 0.371 e.